The minimum absolute atomic E-state index is 0.748. The van der Waals surface area contributed by atoms with Gasteiger partial charge in [-0.1, -0.05) is 20.8 Å². The van der Waals surface area contributed by atoms with Crippen molar-refractivity contribution in [2.45, 2.75) is 65.8 Å². The zero-order valence-electron chi connectivity index (χ0n) is 17.8. The summed E-state index contributed by atoms with van der Waals surface area (Å²) in [6.07, 6.45) is 7.81. The molecule has 28 heavy (non-hydrogen) atoms. The van der Waals surface area contributed by atoms with Crippen LogP contribution in [0.15, 0.2) is 0 Å². The summed E-state index contributed by atoms with van der Waals surface area (Å²) in [6.45, 7) is 13.0. The second-order valence-corrected chi connectivity index (χ2v) is 11.0. The summed E-state index contributed by atoms with van der Waals surface area (Å²) in [6, 6.07) is 0. The summed E-state index contributed by atoms with van der Waals surface area (Å²) in [5.41, 5.74) is 1.58. The number of anilines is 1. The Kier molecular flexibility index (Phi) is 5.08. The predicted molar refractivity (Wildman–Crippen MR) is 117 cm³/mol. The first-order valence-corrected chi connectivity index (χ1v) is 12.3. The number of aromatic nitrogens is 2. The van der Waals surface area contributed by atoms with Gasteiger partial charge in [0.15, 0.2) is 5.82 Å². The van der Waals surface area contributed by atoms with Crippen molar-refractivity contribution < 1.29 is 4.90 Å². The van der Waals surface area contributed by atoms with E-state index in [1.807, 2.05) is 11.3 Å². The first-order valence-electron chi connectivity index (χ1n) is 11.5. The number of hydrogen-bond acceptors (Lipinski definition) is 4. The van der Waals surface area contributed by atoms with Crippen LogP contribution in [0.2, 0.25) is 0 Å². The van der Waals surface area contributed by atoms with Gasteiger partial charge in [0.1, 0.15) is 17.2 Å². The average molecular weight is 400 g/mol. The average Bonchev–Trinajstić information content (AvgIpc) is 3.23. The second kappa shape index (κ2) is 7.56. The molecule has 0 spiro atoms. The fourth-order valence-corrected chi connectivity index (χ4v) is 7.01. The van der Waals surface area contributed by atoms with Crippen molar-refractivity contribution >= 4 is 27.4 Å². The number of nitrogens with one attached hydrogen (secondary N) is 1. The van der Waals surface area contributed by atoms with Gasteiger partial charge in [0.25, 0.3) is 0 Å². The van der Waals surface area contributed by atoms with E-state index in [4.69, 9.17) is 9.97 Å². The molecule has 0 aromatic carbocycles. The Morgan fingerprint density at radius 1 is 1.00 bits per heavy atom. The van der Waals surface area contributed by atoms with Crippen molar-refractivity contribution in [3.63, 3.8) is 0 Å². The number of thiophene rings is 1. The summed E-state index contributed by atoms with van der Waals surface area (Å²) in [5.74, 6) is 4.73. The van der Waals surface area contributed by atoms with Crippen molar-refractivity contribution in [3.05, 3.63) is 16.3 Å². The molecule has 2 aromatic heterocycles. The van der Waals surface area contributed by atoms with Crippen LogP contribution in [0.4, 0.5) is 5.82 Å². The van der Waals surface area contributed by atoms with E-state index in [-0.39, 0.29) is 0 Å². The molecule has 1 N–H and O–H groups in total. The Morgan fingerprint density at radius 2 is 1.75 bits per heavy atom. The number of piperidine rings is 2. The van der Waals surface area contributed by atoms with Crippen molar-refractivity contribution in [2.24, 2.45) is 17.8 Å². The number of fused-ring (bicyclic) bond motifs is 3. The fraction of sp³-hybridized carbons (Fsp3) is 0.739. The molecule has 4 nitrogen and oxygen atoms in total. The molecule has 0 bridgehead atoms. The van der Waals surface area contributed by atoms with Gasteiger partial charge in [-0.15, -0.1) is 11.3 Å². The lowest BCUT2D eigenvalue weighted by molar-refractivity contribution is -0.920. The van der Waals surface area contributed by atoms with Crippen LogP contribution in [0, 0.1) is 17.8 Å². The molecule has 0 unspecified atom stereocenters. The molecule has 2 aromatic rings. The Hall–Kier alpha value is -1.20. The molecule has 2 atom stereocenters. The van der Waals surface area contributed by atoms with Crippen molar-refractivity contribution in [3.8, 4) is 0 Å². The normalized spacial score (nSPS) is 30.8. The summed E-state index contributed by atoms with van der Waals surface area (Å²) in [4.78, 5) is 17.5. The number of nitrogens with zero attached hydrogens (tertiary/aromatic N) is 3. The molecule has 2 saturated heterocycles. The van der Waals surface area contributed by atoms with E-state index < -0.39 is 0 Å². The second-order valence-electron chi connectivity index (χ2n) is 9.96. The lowest BCUT2D eigenvalue weighted by Crippen LogP contribution is -3.11. The van der Waals surface area contributed by atoms with E-state index in [0.717, 1.165) is 43.2 Å². The third kappa shape index (κ3) is 3.56. The van der Waals surface area contributed by atoms with Gasteiger partial charge >= 0.3 is 0 Å². The highest BCUT2D eigenvalue weighted by Gasteiger charge is 2.29. The van der Waals surface area contributed by atoms with Gasteiger partial charge < -0.3 is 9.80 Å². The predicted octanol–water partition coefficient (Wildman–Crippen LogP) is 3.48. The third-order valence-electron chi connectivity index (χ3n) is 7.15. The van der Waals surface area contributed by atoms with E-state index in [1.165, 1.54) is 67.6 Å². The van der Waals surface area contributed by atoms with E-state index in [9.17, 15) is 0 Å². The first kappa shape index (κ1) is 18.8. The molecule has 1 aliphatic carbocycles. The smallest absolute Gasteiger partial charge is 0.187 e. The van der Waals surface area contributed by atoms with E-state index in [2.05, 4.69) is 25.7 Å². The van der Waals surface area contributed by atoms with Crippen molar-refractivity contribution in [1.29, 1.82) is 0 Å². The standard InChI is InChI=1S/C23H34N4S/c1-15-7-9-26(10-8-15)14-20-24-22(27-12-16(2)11-17(3)13-27)21-18-5-4-6-19(18)28-23(21)25-20/h15-17H,4-14H2,1-3H3/p+1/t16-,17-/m1/s1. The number of hydrogen-bond donors (Lipinski definition) is 1. The van der Waals surface area contributed by atoms with Gasteiger partial charge in [0.2, 0.25) is 0 Å². The van der Waals surface area contributed by atoms with Crippen molar-refractivity contribution in [1.82, 2.24) is 9.97 Å². The van der Waals surface area contributed by atoms with Crippen molar-refractivity contribution in [2.75, 3.05) is 31.1 Å². The maximum atomic E-state index is 5.26. The number of quaternary nitrogens is 1. The molecule has 5 rings (SSSR count). The van der Waals surface area contributed by atoms with E-state index in [0.29, 0.717) is 0 Å². The fourth-order valence-electron chi connectivity index (χ4n) is 5.73. The highest BCUT2D eigenvalue weighted by atomic mass is 32.1. The molecule has 0 radical (unpaired) electrons. The number of aryl methyl sites for hydroxylation is 2. The molecule has 0 amide bonds. The molecular formula is C23H35N4S+. The van der Waals surface area contributed by atoms with Gasteiger partial charge in [-0.2, -0.15) is 0 Å². The molecule has 5 heteroatoms. The summed E-state index contributed by atoms with van der Waals surface area (Å²) in [5, 5.41) is 1.41. The van der Waals surface area contributed by atoms with E-state index >= 15 is 0 Å². The lowest BCUT2D eigenvalue weighted by atomic mass is 9.91. The summed E-state index contributed by atoms with van der Waals surface area (Å²) >= 11 is 1.96. The van der Waals surface area contributed by atoms with Crippen LogP contribution in [-0.4, -0.2) is 36.1 Å². The van der Waals surface area contributed by atoms with Gasteiger partial charge in [0.05, 0.1) is 18.5 Å². The third-order valence-corrected chi connectivity index (χ3v) is 8.34. The van der Waals surface area contributed by atoms with Crippen LogP contribution in [0.25, 0.3) is 10.2 Å². The molecular weight excluding hydrogens is 364 g/mol. The first-order chi connectivity index (χ1) is 13.6. The Labute approximate surface area is 173 Å². The maximum absolute atomic E-state index is 5.26. The molecule has 4 heterocycles. The van der Waals surface area contributed by atoms with Gasteiger partial charge in [-0.25, -0.2) is 9.97 Å². The Morgan fingerprint density at radius 3 is 2.50 bits per heavy atom. The van der Waals surface area contributed by atoms with Gasteiger partial charge in [-0.05, 0) is 61.8 Å². The molecule has 2 fully saturated rings. The van der Waals surface area contributed by atoms with E-state index in [1.54, 1.807) is 15.3 Å². The quantitative estimate of drug-likeness (QED) is 0.858. The molecule has 0 saturated carbocycles. The molecule has 3 aliphatic rings. The molecule has 2 aliphatic heterocycles. The highest BCUT2D eigenvalue weighted by Crippen LogP contribution is 2.41. The largest absolute Gasteiger partial charge is 0.355 e. The van der Waals surface area contributed by atoms with Crippen LogP contribution in [0.3, 0.4) is 0 Å². The SMILES string of the molecule is CC1CC[NH+](Cc2nc(N3C[C@H](C)C[C@@H](C)C3)c3c4c(sc3n2)CCC4)CC1. The van der Waals surface area contributed by atoms with Crippen LogP contribution in [0.5, 0.6) is 0 Å². The summed E-state index contributed by atoms with van der Waals surface area (Å²) in [7, 11) is 0. The minimum Gasteiger partial charge on any atom is -0.355 e. The zero-order valence-corrected chi connectivity index (χ0v) is 18.6. The van der Waals surface area contributed by atoms with Crippen LogP contribution in [0.1, 0.15) is 62.7 Å². The number of likely N-dealkylation sites (tertiary alicyclic amines) is 1. The Balaban J connectivity index is 1.52. The molecule has 152 valence electrons. The lowest BCUT2D eigenvalue weighted by Gasteiger charge is -2.36. The van der Waals surface area contributed by atoms with Crippen LogP contribution >= 0.6 is 11.3 Å². The Bertz CT molecular complexity index is 842. The topological polar surface area (TPSA) is 33.5 Å². The van der Waals surface area contributed by atoms with Gasteiger partial charge in [0, 0.05) is 18.0 Å². The van der Waals surface area contributed by atoms with Crippen LogP contribution < -0.4 is 9.80 Å². The summed E-state index contributed by atoms with van der Waals surface area (Å²) < 4.78 is 0. The zero-order chi connectivity index (χ0) is 19.3. The maximum Gasteiger partial charge on any atom is 0.187 e. The minimum atomic E-state index is 0.748. The monoisotopic (exact) mass is 399 g/mol. The number of rotatable bonds is 3. The van der Waals surface area contributed by atoms with Crippen LogP contribution in [-0.2, 0) is 19.4 Å². The highest BCUT2D eigenvalue weighted by molar-refractivity contribution is 7.19. The van der Waals surface area contributed by atoms with Gasteiger partial charge in [-0.3, -0.25) is 0 Å².